The predicted molar refractivity (Wildman–Crippen MR) is 56.6 cm³/mol. The van der Waals surface area contributed by atoms with Crippen molar-refractivity contribution in [2.45, 2.75) is 13.8 Å². The smallest absolute Gasteiger partial charge is 0.359 e. The zero-order chi connectivity index (χ0) is 10.0. The highest BCUT2D eigenvalue weighted by atomic mass is 127. The molecule has 0 radical (unpaired) electrons. The first-order chi connectivity index (χ1) is 6.07. The third kappa shape index (κ3) is 2.01. The first-order valence-electron chi connectivity index (χ1n) is 3.94. The molecular formula is C8H11IN2O2. The lowest BCUT2D eigenvalue weighted by molar-refractivity contribution is 0.0517. The zero-order valence-corrected chi connectivity index (χ0v) is 9.95. The van der Waals surface area contributed by atoms with Crippen LogP contribution in [0, 0.1) is 10.5 Å². The molecule has 1 rings (SSSR count). The van der Waals surface area contributed by atoms with E-state index in [1.165, 1.54) is 0 Å². The van der Waals surface area contributed by atoms with Gasteiger partial charge in [0.05, 0.1) is 10.2 Å². The second kappa shape index (κ2) is 4.08. The molecule has 0 aliphatic rings. The van der Waals surface area contributed by atoms with E-state index < -0.39 is 0 Å². The fourth-order valence-corrected chi connectivity index (χ4v) is 1.59. The van der Waals surface area contributed by atoms with Crippen LogP contribution in [0.25, 0.3) is 0 Å². The van der Waals surface area contributed by atoms with Gasteiger partial charge in [0, 0.05) is 12.7 Å². The molecule has 0 fully saturated rings. The van der Waals surface area contributed by atoms with Crippen LogP contribution in [0.5, 0.6) is 0 Å². The van der Waals surface area contributed by atoms with Gasteiger partial charge in [-0.1, -0.05) is 0 Å². The Morgan fingerprint density at radius 2 is 2.31 bits per heavy atom. The molecule has 13 heavy (non-hydrogen) atoms. The summed E-state index contributed by atoms with van der Waals surface area (Å²) in [6, 6.07) is 0. The summed E-state index contributed by atoms with van der Waals surface area (Å²) >= 11 is 2.10. The first-order valence-corrected chi connectivity index (χ1v) is 5.02. The van der Waals surface area contributed by atoms with Crippen molar-refractivity contribution >= 4 is 28.6 Å². The average Bonchev–Trinajstić information content (AvgIpc) is 2.33. The van der Waals surface area contributed by atoms with Gasteiger partial charge in [-0.05, 0) is 36.4 Å². The minimum Gasteiger partial charge on any atom is -0.461 e. The van der Waals surface area contributed by atoms with Gasteiger partial charge in [0.25, 0.3) is 0 Å². The third-order valence-corrected chi connectivity index (χ3v) is 3.02. The number of hydrogen-bond donors (Lipinski definition) is 0. The van der Waals surface area contributed by atoms with Gasteiger partial charge in [-0.25, -0.2) is 4.79 Å². The SMILES string of the molecule is CCOC(=O)c1nn(C)c(C)c1I. The fourth-order valence-electron chi connectivity index (χ4n) is 0.912. The molecule has 4 nitrogen and oxygen atoms in total. The van der Waals surface area contributed by atoms with Crippen molar-refractivity contribution in [1.29, 1.82) is 0 Å². The standard InChI is InChI=1S/C8H11IN2O2/c1-4-13-8(12)7-6(9)5(2)11(3)10-7/h4H2,1-3H3. The highest BCUT2D eigenvalue weighted by Gasteiger charge is 2.18. The molecule has 0 aliphatic carbocycles. The van der Waals surface area contributed by atoms with Crippen LogP contribution in [-0.2, 0) is 11.8 Å². The van der Waals surface area contributed by atoms with Gasteiger partial charge in [-0.2, -0.15) is 5.10 Å². The summed E-state index contributed by atoms with van der Waals surface area (Å²) in [5, 5.41) is 4.06. The molecule has 0 atom stereocenters. The molecule has 0 aromatic carbocycles. The van der Waals surface area contributed by atoms with Crippen LogP contribution in [0.1, 0.15) is 23.1 Å². The predicted octanol–water partition coefficient (Wildman–Crippen LogP) is 1.51. The van der Waals surface area contributed by atoms with E-state index in [9.17, 15) is 4.79 Å². The molecule has 0 saturated carbocycles. The lowest BCUT2D eigenvalue weighted by Gasteiger charge is -1.97. The Kier molecular flexibility index (Phi) is 3.29. The number of aromatic nitrogens is 2. The van der Waals surface area contributed by atoms with Gasteiger partial charge in [0.15, 0.2) is 5.69 Å². The second-order valence-electron chi connectivity index (χ2n) is 2.59. The number of rotatable bonds is 2. The van der Waals surface area contributed by atoms with Crippen molar-refractivity contribution < 1.29 is 9.53 Å². The Morgan fingerprint density at radius 1 is 1.69 bits per heavy atom. The molecule has 0 saturated heterocycles. The second-order valence-corrected chi connectivity index (χ2v) is 3.67. The summed E-state index contributed by atoms with van der Waals surface area (Å²) in [5.41, 5.74) is 1.38. The van der Waals surface area contributed by atoms with Gasteiger partial charge in [-0.3, -0.25) is 4.68 Å². The monoisotopic (exact) mass is 294 g/mol. The number of carbonyl (C=O) groups excluding carboxylic acids is 1. The van der Waals surface area contributed by atoms with Gasteiger partial charge >= 0.3 is 5.97 Å². The number of carbonyl (C=O) groups is 1. The Labute approximate surface area is 90.4 Å². The van der Waals surface area contributed by atoms with E-state index in [-0.39, 0.29) is 5.97 Å². The Hall–Kier alpha value is -0.590. The summed E-state index contributed by atoms with van der Waals surface area (Å²) in [7, 11) is 1.81. The molecule has 0 aliphatic heterocycles. The van der Waals surface area contributed by atoms with E-state index in [2.05, 4.69) is 27.7 Å². The zero-order valence-electron chi connectivity index (χ0n) is 7.80. The molecule has 72 valence electrons. The van der Waals surface area contributed by atoms with Gasteiger partial charge < -0.3 is 4.74 Å². The fraction of sp³-hybridized carbons (Fsp3) is 0.500. The molecule has 1 heterocycles. The summed E-state index contributed by atoms with van der Waals surface area (Å²) in [6.07, 6.45) is 0. The van der Waals surface area contributed by atoms with E-state index in [4.69, 9.17) is 4.74 Å². The maximum Gasteiger partial charge on any atom is 0.359 e. The molecule has 0 unspecified atom stereocenters. The molecule has 0 spiro atoms. The van der Waals surface area contributed by atoms with Crippen molar-refractivity contribution in [2.75, 3.05) is 6.61 Å². The molecule has 0 bridgehead atoms. The number of ether oxygens (including phenoxy) is 1. The van der Waals surface area contributed by atoms with E-state index in [0.29, 0.717) is 12.3 Å². The topological polar surface area (TPSA) is 44.1 Å². The van der Waals surface area contributed by atoms with Crippen LogP contribution < -0.4 is 0 Å². The third-order valence-electron chi connectivity index (χ3n) is 1.73. The van der Waals surface area contributed by atoms with E-state index in [0.717, 1.165) is 9.26 Å². The van der Waals surface area contributed by atoms with Crippen LogP contribution in [-0.4, -0.2) is 22.4 Å². The number of halogens is 1. The van der Waals surface area contributed by atoms with Crippen molar-refractivity contribution in [3.63, 3.8) is 0 Å². The van der Waals surface area contributed by atoms with Crippen molar-refractivity contribution in [1.82, 2.24) is 9.78 Å². The van der Waals surface area contributed by atoms with Crippen molar-refractivity contribution in [2.24, 2.45) is 7.05 Å². The molecule has 0 N–H and O–H groups in total. The van der Waals surface area contributed by atoms with Gasteiger partial charge in [0.2, 0.25) is 0 Å². The minimum atomic E-state index is -0.351. The van der Waals surface area contributed by atoms with E-state index in [1.807, 2.05) is 6.92 Å². The number of hydrogen-bond acceptors (Lipinski definition) is 3. The van der Waals surface area contributed by atoms with Crippen LogP contribution in [0.3, 0.4) is 0 Å². The quantitative estimate of drug-likeness (QED) is 0.613. The summed E-state index contributed by atoms with van der Waals surface area (Å²) < 4.78 is 7.39. The van der Waals surface area contributed by atoms with Gasteiger partial charge in [0.1, 0.15) is 0 Å². The van der Waals surface area contributed by atoms with E-state index in [1.54, 1.807) is 18.7 Å². The molecular weight excluding hydrogens is 283 g/mol. The summed E-state index contributed by atoms with van der Waals surface area (Å²) in [5.74, 6) is -0.351. The minimum absolute atomic E-state index is 0.351. The Bertz CT molecular complexity index is 333. The van der Waals surface area contributed by atoms with Crippen LogP contribution >= 0.6 is 22.6 Å². The average molecular weight is 294 g/mol. The Morgan fingerprint density at radius 3 is 2.69 bits per heavy atom. The molecule has 1 aromatic heterocycles. The van der Waals surface area contributed by atoms with Crippen molar-refractivity contribution in [3.05, 3.63) is 15.0 Å². The first kappa shape index (κ1) is 10.5. The van der Waals surface area contributed by atoms with E-state index >= 15 is 0 Å². The maximum absolute atomic E-state index is 11.3. The highest BCUT2D eigenvalue weighted by molar-refractivity contribution is 14.1. The number of esters is 1. The summed E-state index contributed by atoms with van der Waals surface area (Å²) in [4.78, 5) is 11.3. The molecule has 5 heteroatoms. The molecule has 1 aromatic rings. The highest BCUT2D eigenvalue weighted by Crippen LogP contribution is 2.15. The summed E-state index contributed by atoms with van der Waals surface area (Å²) in [6.45, 7) is 4.07. The largest absolute Gasteiger partial charge is 0.461 e. The normalized spacial score (nSPS) is 10.2. The van der Waals surface area contributed by atoms with Gasteiger partial charge in [-0.15, -0.1) is 0 Å². The number of nitrogens with zero attached hydrogens (tertiary/aromatic N) is 2. The number of aryl methyl sites for hydroxylation is 1. The maximum atomic E-state index is 11.3. The van der Waals surface area contributed by atoms with Crippen molar-refractivity contribution in [3.8, 4) is 0 Å². The lowest BCUT2D eigenvalue weighted by atomic mass is 10.4. The Balaban J connectivity index is 3.01. The van der Waals surface area contributed by atoms with Crippen LogP contribution in [0.4, 0.5) is 0 Å². The van der Waals surface area contributed by atoms with Crippen LogP contribution in [0.2, 0.25) is 0 Å². The van der Waals surface area contributed by atoms with Crippen LogP contribution in [0.15, 0.2) is 0 Å². The lowest BCUT2D eigenvalue weighted by Crippen LogP contribution is -2.07. The molecule has 0 amide bonds.